The Kier molecular flexibility index (Phi) is 4.92. The highest BCUT2D eigenvalue weighted by molar-refractivity contribution is 5.92. The number of aromatic amines is 1. The summed E-state index contributed by atoms with van der Waals surface area (Å²) in [6.45, 7) is 5.96. The van der Waals surface area contributed by atoms with E-state index in [0.29, 0.717) is 17.6 Å². The van der Waals surface area contributed by atoms with E-state index in [1.165, 1.54) is 16.5 Å². The van der Waals surface area contributed by atoms with E-state index in [4.69, 9.17) is 14.2 Å². The number of fused-ring (bicyclic) bond motifs is 2. The highest BCUT2D eigenvalue weighted by Gasteiger charge is 2.40. The number of aromatic nitrogens is 4. The van der Waals surface area contributed by atoms with Gasteiger partial charge in [-0.2, -0.15) is 5.10 Å². The molecule has 0 unspecified atom stereocenters. The second-order valence-electron chi connectivity index (χ2n) is 9.58. The molecule has 1 aliphatic heterocycles. The van der Waals surface area contributed by atoms with Crippen molar-refractivity contribution in [3.63, 3.8) is 0 Å². The van der Waals surface area contributed by atoms with Crippen LogP contribution in [0, 0.1) is 0 Å². The van der Waals surface area contributed by atoms with E-state index in [-0.39, 0.29) is 5.79 Å². The van der Waals surface area contributed by atoms with Gasteiger partial charge in [0, 0.05) is 35.5 Å². The maximum Gasteiger partial charge on any atom is 0.197 e. The van der Waals surface area contributed by atoms with Crippen molar-refractivity contribution >= 4 is 16.6 Å². The van der Waals surface area contributed by atoms with Crippen LogP contribution in [0.2, 0.25) is 0 Å². The van der Waals surface area contributed by atoms with Crippen LogP contribution in [0.15, 0.2) is 36.8 Å². The summed E-state index contributed by atoms with van der Waals surface area (Å²) in [6, 6.07) is 8.96. The van der Waals surface area contributed by atoms with Crippen LogP contribution in [0.3, 0.4) is 0 Å². The fourth-order valence-corrected chi connectivity index (χ4v) is 5.67. The lowest BCUT2D eigenvalue weighted by atomic mass is 9.80. The number of benzene rings is 1. The van der Waals surface area contributed by atoms with Crippen LogP contribution in [-0.4, -0.2) is 45.7 Å². The Morgan fingerprint density at radius 1 is 1.15 bits per heavy atom. The SMILES string of the molecule is COc1cc(-c2[nH]c3ccc(C4CCC5(CC4)OCCO5)cc3c2C(C)C)cn2ncnc12. The quantitative estimate of drug-likeness (QED) is 0.454. The van der Waals surface area contributed by atoms with Crippen molar-refractivity contribution < 1.29 is 14.2 Å². The number of H-pyrrole nitrogens is 1. The second-order valence-corrected chi connectivity index (χ2v) is 9.58. The number of nitrogens with one attached hydrogen (secondary N) is 1. The van der Waals surface area contributed by atoms with Crippen LogP contribution in [0.1, 0.15) is 62.5 Å². The standard InChI is InChI=1S/C26H30N4O3/c1-16(2)23-20-12-18(17-6-8-26(9-7-17)32-10-11-33-26)4-5-21(20)29-24(23)19-13-22(31-3)25-27-15-28-30(25)14-19/h4-5,12-17,29H,6-11H2,1-3H3. The summed E-state index contributed by atoms with van der Waals surface area (Å²) in [5.41, 5.74) is 6.76. The Balaban J connectivity index is 1.40. The number of rotatable bonds is 4. The molecule has 0 atom stereocenters. The van der Waals surface area contributed by atoms with Crippen molar-refractivity contribution in [3.05, 3.63) is 47.9 Å². The third-order valence-electron chi connectivity index (χ3n) is 7.32. The molecule has 3 aromatic heterocycles. The van der Waals surface area contributed by atoms with Gasteiger partial charge in [0.25, 0.3) is 0 Å². The molecule has 1 spiro atoms. The van der Waals surface area contributed by atoms with E-state index in [9.17, 15) is 0 Å². The van der Waals surface area contributed by atoms with Gasteiger partial charge in [0.05, 0.1) is 26.0 Å². The van der Waals surface area contributed by atoms with E-state index in [1.54, 1.807) is 18.0 Å². The lowest BCUT2D eigenvalue weighted by molar-refractivity contribution is -0.178. The van der Waals surface area contributed by atoms with Crippen LogP contribution >= 0.6 is 0 Å². The first-order valence-electron chi connectivity index (χ1n) is 11.9. The maximum atomic E-state index is 5.93. The maximum absolute atomic E-state index is 5.93. The molecule has 1 aliphatic carbocycles. The normalized spacial score (nSPS) is 18.8. The molecule has 2 aliphatic rings. The fourth-order valence-electron chi connectivity index (χ4n) is 5.67. The molecule has 2 fully saturated rings. The van der Waals surface area contributed by atoms with Gasteiger partial charge in [-0.05, 0) is 54.0 Å². The van der Waals surface area contributed by atoms with Crippen LogP contribution in [-0.2, 0) is 9.47 Å². The topological polar surface area (TPSA) is 73.7 Å². The first-order chi connectivity index (χ1) is 16.1. The third kappa shape index (κ3) is 3.42. The minimum atomic E-state index is -0.315. The van der Waals surface area contributed by atoms with E-state index in [1.807, 2.05) is 12.3 Å². The second kappa shape index (κ2) is 7.85. The molecule has 0 radical (unpaired) electrons. The van der Waals surface area contributed by atoms with Gasteiger partial charge in [-0.1, -0.05) is 19.9 Å². The van der Waals surface area contributed by atoms with Crippen molar-refractivity contribution in [3.8, 4) is 17.0 Å². The van der Waals surface area contributed by atoms with Crippen LogP contribution in [0.5, 0.6) is 5.75 Å². The summed E-state index contributed by atoms with van der Waals surface area (Å²) in [5, 5.41) is 5.63. The molecular weight excluding hydrogens is 416 g/mol. The van der Waals surface area contributed by atoms with Crippen molar-refractivity contribution in [2.45, 2.75) is 57.2 Å². The summed E-state index contributed by atoms with van der Waals surface area (Å²) >= 11 is 0. The number of methoxy groups -OCH3 is 1. The van der Waals surface area contributed by atoms with Gasteiger partial charge in [0.15, 0.2) is 17.2 Å². The minimum absolute atomic E-state index is 0.315. The summed E-state index contributed by atoms with van der Waals surface area (Å²) in [4.78, 5) is 8.00. The predicted octanol–water partition coefficient (Wildman–Crippen LogP) is 5.41. The molecule has 0 bridgehead atoms. The predicted molar refractivity (Wildman–Crippen MR) is 127 cm³/mol. The molecule has 1 N–H and O–H groups in total. The Labute approximate surface area is 193 Å². The molecule has 1 aromatic carbocycles. The third-order valence-corrected chi connectivity index (χ3v) is 7.32. The lowest BCUT2D eigenvalue weighted by Gasteiger charge is -2.35. The largest absolute Gasteiger partial charge is 0.493 e. The van der Waals surface area contributed by atoms with Gasteiger partial charge in [-0.3, -0.25) is 0 Å². The fraction of sp³-hybridized carbons (Fsp3) is 0.462. The Bertz CT molecular complexity index is 1310. The van der Waals surface area contributed by atoms with E-state index in [2.05, 4.69) is 47.1 Å². The van der Waals surface area contributed by atoms with Gasteiger partial charge in [-0.15, -0.1) is 0 Å². The molecule has 4 heterocycles. The zero-order valence-corrected chi connectivity index (χ0v) is 19.4. The first kappa shape index (κ1) is 20.7. The first-order valence-corrected chi connectivity index (χ1v) is 11.9. The molecule has 6 rings (SSSR count). The van der Waals surface area contributed by atoms with Crippen LogP contribution in [0.4, 0.5) is 0 Å². The zero-order valence-electron chi connectivity index (χ0n) is 19.4. The lowest BCUT2D eigenvalue weighted by Crippen LogP contribution is -2.34. The van der Waals surface area contributed by atoms with Gasteiger partial charge >= 0.3 is 0 Å². The van der Waals surface area contributed by atoms with Crippen molar-refractivity contribution in [1.82, 2.24) is 19.6 Å². The molecule has 4 aromatic rings. The molecule has 1 saturated carbocycles. The molecule has 1 saturated heterocycles. The summed E-state index contributed by atoms with van der Waals surface area (Å²) < 4.78 is 19.2. The average molecular weight is 447 g/mol. The van der Waals surface area contributed by atoms with E-state index in [0.717, 1.165) is 61.3 Å². The molecule has 7 nitrogen and oxygen atoms in total. The van der Waals surface area contributed by atoms with Gasteiger partial charge in [0.2, 0.25) is 0 Å². The highest BCUT2D eigenvalue weighted by atomic mass is 16.7. The average Bonchev–Trinajstić information content (AvgIpc) is 3.56. The van der Waals surface area contributed by atoms with Crippen LogP contribution < -0.4 is 4.74 Å². The monoisotopic (exact) mass is 446 g/mol. The highest BCUT2D eigenvalue weighted by Crippen LogP contribution is 2.44. The van der Waals surface area contributed by atoms with Crippen molar-refractivity contribution in [2.24, 2.45) is 0 Å². The smallest absolute Gasteiger partial charge is 0.197 e. The number of pyridine rings is 1. The van der Waals surface area contributed by atoms with E-state index >= 15 is 0 Å². The van der Waals surface area contributed by atoms with Gasteiger partial charge in [0.1, 0.15) is 6.33 Å². The molecule has 172 valence electrons. The number of ether oxygens (including phenoxy) is 3. The zero-order chi connectivity index (χ0) is 22.6. The molecule has 0 amide bonds. The Hall–Kier alpha value is -2.90. The van der Waals surface area contributed by atoms with E-state index < -0.39 is 0 Å². The molecular formula is C26H30N4O3. The van der Waals surface area contributed by atoms with Crippen molar-refractivity contribution in [1.29, 1.82) is 0 Å². The summed E-state index contributed by atoms with van der Waals surface area (Å²) in [6.07, 6.45) is 7.72. The number of nitrogens with zero attached hydrogens (tertiary/aromatic N) is 3. The molecule has 33 heavy (non-hydrogen) atoms. The number of hydrogen-bond donors (Lipinski definition) is 1. The minimum Gasteiger partial charge on any atom is -0.493 e. The van der Waals surface area contributed by atoms with Crippen LogP contribution in [0.25, 0.3) is 27.8 Å². The summed E-state index contributed by atoms with van der Waals surface area (Å²) in [5.74, 6) is 1.30. The summed E-state index contributed by atoms with van der Waals surface area (Å²) in [7, 11) is 1.67. The number of hydrogen-bond acceptors (Lipinski definition) is 5. The van der Waals surface area contributed by atoms with Gasteiger partial charge in [-0.25, -0.2) is 9.50 Å². The Morgan fingerprint density at radius 2 is 1.94 bits per heavy atom. The Morgan fingerprint density at radius 3 is 2.67 bits per heavy atom. The van der Waals surface area contributed by atoms with Gasteiger partial charge < -0.3 is 19.2 Å². The van der Waals surface area contributed by atoms with Crippen molar-refractivity contribution in [2.75, 3.05) is 20.3 Å². The molecule has 7 heteroatoms.